The summed E-state index contributed by atoms with van der Waals surface area (Å²) in [6.45, 7) is 2.99. The van der Waals surface area contributed by atoms with Gasteiger partial charge in [-0.3, -0.25) is 0 Å². The van der Waals surface area contributed by atoms with E-state index >= 15 is 0 Å². The summed E-state index contributed by atoms with van der Waals surface area (Å²) in [5, 5.41) is 5.21. The topological polar surface area (TPSA) is 75.3 Å². The zero-order chi connectivity index (χ0) is 11.0. The Bertz CT molecular complexity index is 262. The number of hydrogen-bond acceptors (Lipinski definition) is 3. The lowest BCUT2D eigenvalue weighted by Crippen LogP contribution is -2.36. The van der Waals surface area contributed by atoms with Crippen molar-refractivity contribution in [2.24, 2.45) is 0 Å². The van der Waals surface area contributed by atoms with Crippen LogP contribution in [0.3, 0.4) is 0 Å². The molecule has 2 amide bonds. The fraction of sp³-hybridized carbons (Fsp3) is 0.875. The van der Waals surface area contributed by atoms with E-state index in [1.54, 1.807) is 0 Å². The number of amides is 2. The number of urea groups is 1. The van der Waals surface area contributed by atoms with Gasteiger partial charge >= 0.3 is 6.03 Å². The first-order valence-electron chi connectivity index (χ1n) is 4.65. The predicted octanol–water partition coefficient (Wildman–Crippen LogP) is 0.130. The average molecular weight is 222 g/mol. The molecule has 0 heterocycles. The van der Waals surface area contributed by atoms with Gasteiger partial charge in [0.25, 0.3) is 0 Å². The van der Waals surface area contributed by atoms with E-state index in [9.17, 15) is 13.2 Å². The molecule has 0 saturated carbocycles. The highest BCUT2D eigenvalue weighted by Gasteiger charge is 2.02. The summed E-state index contributed by atoms with van der Waals surface area (Å²) in [4.78, 5) is 11.0. The van der Waals surface area contributed by atoms with E-state index in [1.807, 2.05) is 6.92 Å². The molecule has 5 nitrogen and oxygen atoms in total. The summed E-state index contributed by atoms with van der Waals surface area (Å²) in [6.07, 6.45) is 2.53. The highest BCUT2D eigenvalue weighted by molar-refractivity contribution is 7.90. The van der Waals surface area contributed by atoms with Crippen LogP contribution in [-0.2, 0) is 9.84 Å². The smallest absolute Gasteiger partial charge is 0.314 e. The van der Waals surface area contributed by atoms with Gasteiger partial charge in [-0.05, 0) is 12.8 Å². The molecule has 0 aliphatic heterocycles. The second-order valence-electron chi connectivity index (χ2n) is 3.17. The van der Waals surface area contributed by atoms with Crippen molar-refractivity contribution >= 4 is 15.9 Å². The van der Waals surface area contributed by atoms with E-state index in [-0.39, 0.29) is 11.8 Å². The molecule has 0 rings (SSSR count). The summed E-state index contributed by atoms with van der Waals surface area (Å²) < 4.78 is 21.4. The first-order chi connectivity index (χ1) is 6.45. The highest BCUT2D eigenvalue weighted by atomic mass is 32.2. The van der Waals surface area contributed by atoms with E-state index in [2.05, 4.69) is 10.6 Å². The van der Waals surface area contributed by atoms with Crippen molar-refractivity contribution in [1.29, 1.82) is 0 Å². The maximum Gasteiger partial charge on any atom is 0.314 e. The van der Waals surface area contributed by atoms with Gasteiger partial charge in [0, 0.05) is 19.3 Å². The third-order valence-electron chi connectivity index (χ3n) is 1.51. The zero-order valence-electron chi connectivity index (χ0n) is 8.67. The minimum absolute atomic E-state index is 0.112. The van der Waals surface area contributed by atoms with Gasteiger partial charge < -0.3 is 10.6 Å². The minimum atomic E-state index is -2.91. The van der Waals surface area contributed by atoms with E-state index in [1.165, 1.54) is 6.26 Å². The first kappa shape index (κ1) is 13.2. The van der Waals surface area contributed by atoms with Gasteiger partial charge in [-0.25, -0.2) is 13.2 Å². The fourth-order valence-corrected chi connectivity index (χ4v) is 1.51. The van der Waals surface area contributed by atoms with Gasteiger partial charge in [0.2, 0.25) is 0 Å². The van der Waals surface area contributed by atoms with Crippen molar-refractivity contribution in [3.05, 3.63) is 0 Å². The Morgan fingerprint density at radius 3 is 2.29 bits per heavy atom. The molecular formula is C8H18N2O3S. The second kappa shape index (κ2) is 6.64. The van der Waals surface area contributed by atoms with Crippen LogP contribution >= 0.6 is 0 Å². The Kier molecular flexibility index (Phi) is 6.27. The zero-order valence-corrected chi connectivity index (χ0v) is 9.49. The number of hydrogen-bond donors (Lipinski definition) is 2. The van der Waals surface area contributed by atoms with E-state index in [0.717, 1.165) is 6.42 Å². The number of rotatable bonds is 6. The number of carbonyl (C=O) groups excluding carboxylic acids is 1. The summed E-state index contributed by atoms with van der Waals surface area (Å²) in [6, 6.07) is -0.236. The summed E-state index contributed by atoms with van der Waals surface area (Å²) in [5.41, 5.74) is 0. The van der Waals surface area contributed by atoms with Crippen molar-refractivity contribution in [2.45, 2.75) is 19.8 Å². The lowest BCUT2D eigenvalue weighted by molar-refractivity contribution is 0.241. The van der Waals surface area contributed by atoms with Crippen molar-refractivity contribution in [1.82, 2.24) is 10.6 Å². The van der Waals surface area contributed by atoms with Crippen LogP contribution in [0.5, 0.6) is 0 Å². The Morgan fingerprint density at radius 2 is 1.79 bits per heavy atom. The molecule has 0 radical (unpaired) electrons. The van der Waals surface area contributed by atoms with Crippen molar-refractivity contribution in [2.75, 3.05) is 25.1 Å². The third kappa shape index (κ3) is 9.31. The molecule has 84 valence electrons. The normalized spacial score (nSPS) is 11.0. The van der Waals surface area contributed by atoms with Gasteiger partial charge in [0.15, 0.2) is 0 Å². The Morgan fingerprint density at radius 1 is 1.21 bits per heavy atom. The van der Waals surface area contributed by atoms with E-state index < -0.39 is 9.84 Å². The molecule has 0 aliphatic carbocycles. The highest BCUT2D eigenvalue weighted by Crippen LogP contribution is 1.86. The molecule has 0 unspecified atom stereocenters. The molecule has 0 aromatic carbocycles. The first-order valence-corrected chi connectivity index (χ1v) is 6.71. The van der Waals surface area contributed by atoms with Crippen LogP contribution in [0.4, 0.5) is 4.79 Å². The lowest BCUT2D eigenvalue weighted by Gasteiger charge is -2.05. The van der Waals surface area contributed by atoms with Crippen LogP contribution in [0.15, 0.2) is 0 Å². The molecule has 6 heteroatoms. The molecule has 0 spiro atoms. The SMILES string of the molecule is CCCNC(=O)NCCCS(C)(=O)=O. The van der Waals surface area contributed by atoms with Crippen LogP contribution < -0.4 is 10.6 Å². The van der Waals surface area contributed by atoms with Gasteiger partial charge in [-0.15, -0.1) is 0 Å². The predicted molar refractivity (Wildman–Crippen MR) is 56.0 cm³/mol. The number of nitrogens with one attached hydrogen (secondary N) is 2. The monoisotopic (exact) mass is 222 g/mol. The van der Waals surface area contributed by atoms with Gasteiger partial charge in [-0.1, -0.05) is 6.92 Å². The molecule has 0 aromatic rings. The molecule has 0 aliphatic rings. The van der Waals surface area contributed by atoms with Crippen molar-refractivity contribution in [3.63, 3.8) is 0 Å². The van der Waals surface area contributed by atoms with Crippen molar-refractivity contribution < 1.29 is 13.2 Å². The van der Waals surface area contributed by atoms with Crippen LogP contribution in [0.2, 0.25) is 0 Å². The second-order valence-corrected chi connectivity index (χ2v) is 5.43. The molecule has 14 heavy (non-hydrogen) atoms. The molecule has 2 N–H and O–H groups in total. The third-order valence-corrected chi connectivity index (χ3v) is 2.54. The van der Waals surface area contributed by atoms with Gasteiger partial charge in [-0.2, -0.15) is 0 Å². The van der Waals surface area contributed by atoms with Crippen molar-refractivity contribution in [3.8, 4) is 0 Å². The fourth-order valence-electron chi connectivity index (χ4n) is 0.837. The molecule has 0 atom stereocenters. The number of sulfone groups is 1. The number of carbonyl (C=O) groups is 1. The summed E-state index contributed by atoms with van der Waals surface area (Å²) in [7, 11) is -2.91. The lowest BCUT2D eigenvalue weighted by atomic mass is 10.5. The quantitative estimate of drug-likeness (QED) is 0.627. The van der Waals surface area contributed by atoms with Crippen LogP contribution in [0, 0.1) is 0 Å². The Labute approximate surface area is 85.2 Å². The summed E-state index contributed by atoms with van der Waals surface area (Å²) >= 11 is 0. The maximum atomic E-state index is 11.0. The maximum absolute atomic E-state index is 11.0. The average Bonchev–Trinajstić information content (AvgIpc) is 2.07. The molecule has 0 fully saturated rings. The van der Waals surface area contributed by atoms with E-state index in [0.29, 0.717) is 19.5 Å². The largest absolute Gasteiger partial charge is 0.338 e. The standard InChI is InChI=1S/C8H18N2O3S/c1-3-5-9-8(11)10-6-4-7-14(2,12)13/h3-7H2,1-2H3,(H2,9,10,11). The molecule has 0 aromatic heterocycles. The van der Waals surface area contributed by atoms with Crippen LogP contribution in [0.25, 0.3) is 0 Å². The summed E-state index contributed by atoms with van der Waals surface area (Å²) in [5.74, 6) is 0.112. The van der Waals surface area contributed by atoms with Gasteiger partial charge in [0.1, 0.15) is 9.84 Å². The molecular weight excluding hydrogens is 204 g/mol. The van der Waals surface area contributed by atoms with E-state index in [4.69, 9.17) is 0 Å². The molecule has 0 bridgehead atoms. The molecule has 0 saturated heterocycles. The van der Waals surface area contributed by atoms with Crippen LogP contribution in [0.1, 0.15) is 19.8 Å². The van der Waals surface area contributed by atoms with Gasteiger partial charge in [0.05, 0.1) is 5.75 Å². The Hall–Kier alpha value is -0.780. The van der Waals surface area contributed by atoms with Crippen LogP contribution in [-0.4, -0.2) is 39.5 Å². The Balaban J connectivity index is 3.41. The minimum Gasteiger partial charge on any atom is -0.338 e.